The van der Waals surface area contributed by atoms with E-state index in [1.165, 1.54) is 0 Å². The lowest BCUT2D eigenvalue weighted by Crippen LogP contribution is -2.16. The highest BCUT2D eigenvalue weighted by Gasteiger charge is 2.19. The third kappa shape index (κ3) is 2.61. The highest BCUT2D eigenvalue weighted by atomic mass is 16.5. The van der Waals surface area contributed by atoms with Crippen molar-refractivity contribution >= 4 is 16.6 Å². The summed E-state index contributed by atoms with van der Waals surface area (Å²) in [6.45, 7) is 2.59. The largest absolute Gasteiger partial charge is 0.496 e. The van der Waals surface area contributed by atoms with E-state index in [-0.39, 0.29) is 0 Å². The number of fused-ring (bicyclic) bond motifs is 1. The maximum absolute atomic E-state index is 5.77. The molecule has 2 N–H and O–H groups in total. The van der Waals surface area contributed by atoms with Crippen LogP contribution in [0, 0.1) is 6.92 Å². The molecule has 0 bridgehead atoms. The summed E-state index contributed by atoms with van der Waals surface area (Å²) in [4.78, 5) is 6.82. The first-order chi connectivity index (χ1) is 10.0. The maximum Gasteiger partial charge on any atom is 0.145 e. The highest BCUT2D eigenvalue weighted by molar-refractivity contribution is 6.01. The van der Waals surface area contributed by atoms with Gasteiger partial charge in [-0.3, -0.25) is 0 Å². The van der Waals surface area contributed by atoms with Crippen LogP contribution in [0.25, 0.3) is 10.9 Å². The van der Waals surface area contributed by atoms with Crippen LogP contribution in [0.15, 0.2) is 12.1 Å². The molecule has 0 amide bonds. The average Bonchev–Trinajstić information content (AvgIpc) is 2.46. The number of hydrogen-bond donors (Lipinski definition) is 1. The van der Waals surface area contributed by atoms with Gasteiger partial charge >= 0.3 is 0 Å². The smallest absolute Gasteiger partial charge is 0.145 e. The van der Waals surface area contributed by atoms with Gasteiger partial charge in [0.25, 0.3) is 0 Å². The van der Waals surface area contributed by atoms with Crippen molar-refractivity contribution in [1.29, 1.82) is 0 Å². The van der Waals surface area contributed by atoms with Crippen molar-refractivity contribution in [3.05, 3.63) is 23.4 Å². The molecular formula is C16H23N3O2. The number of aromatic nitrogens is 1. The highest BCUT2D eigenvalue weighted by Crippen LogP contribution is 2.40. The molecule has 1 aromatic heterocycles. The first-order valence-electron chi connectivity index (χ1n) is 6.96. The average molecular weight is 289 g/mol. The summed E-state index contributed by atoms with van der Waals surface area (Å²) in [5.41, 5.74) is 9.81. The first kappa shape index (κ1) is 15.4. The van der Waals surface area contributed by atoms with Crippen LogP contribution in [-0.2, 0) is 6.42 Å². The molecule has 21 heavy (non-hydrogen) atoms. The van der Waals surface area contributed by atoms with Gasteiger partial charge in [-0.2, -0.15) is 0 Å². The summed E-state index contributed by atoms with van der Waals surface area (Å²) in [5, 5.41) is 0.968. The molecule has 5 heteroatoms. The Labute approximate surface area is 125 Å². The minimum absolute atomic E-state index is 0.584. The minimum Gasteiger partial charge on any atom is -0.496 e. The van der Waals surface area contributed by atoms with Gasteiger partial charge in [-0.15, -0.1) is 0 Å². The fourth-order valence-corrected chi connectivity index (χ4v) is 2.72. The lowest BCUT2D eigenvalue weighted by atomic mass is 10.0. The molecule has 2 aromatic rings. The molecule has 0 radical (unpaired) electrons. The quantitative estimate of drug-likeness (QED) is 0.913. The van der Waals surface area contributed by atoms with E-state index >= 15 is 0 Å². The van der Waals surface area contributed by atoms with Gasteiger partial charge in [-0.25, -0.2) is 4.98 Å². The van der Waals surface area contributed by atoms with Crippen molar-refractivity contribution in [3.63, 3.8) is 0 Å². The van der Waals surface area contributed by atoms with Gasteiger partial charge in [0.15, 0.2) is 0 Å². The summed E-state index contributed by atoms with van der Waals surface area (Å²) < 4.78 is 11.0. The topological polar surface area (TPSA) is 60.6 Å². The SMILES string of the molecule is COc1ccc(OC)c2c(N(C)C)c(CCN)c(C)nc12. The van der Waals surface area contributed by atoms with Gasteiger partial charge < -0.3 is 20.1 Å². The number of hydrogen-bond acceptors (Lipinski definition) is 5. The summed E-state index contributed by atoms with van der Waals surface area (Å²) >= 11 is 0. The van der Waals surface area contributed by atoms with E-state index in [9.17, 15) is 0 Å². The summed E-state index contributed by atoms with van der Waals surface area (Å²) in [6, 6.07) is 3.80. The first-order valence-corrected chi connectivity index (χ1v) is 6.96. The van der Waals surface area contributed by atoms with Gasteiger partial charge in [0.05, 0.1) is 25.3 Å². The second-order valence-electron chi connectivity index (χ2n) is 5.15. The molecule has 5 nitrogen and oxygen atoms in total. The molecule has 1 aromatic carbocycles. The Hall–Kier alpha value is -2.01. The summed E-state index contributed by atoms with van der Waals surface area (Å²) in [7, 11) is 7.37. The molecule has 1 heterocycles. The zero-order valence-electron chi connectivity index (χ0n) is 13.4. The van der Waals surface area contributed by atoms with Gasteiger partial charge in [-0.1, -0.05) is 0 Å². The second kappa shape index (κ2) is 6.18. The van der Waals surface area contributed by atoms with E-state index in [0.29, 0.717) is 6.54 Å². The lowest BCUT2D eigenvalue weighted by Gasteiger charge is -2.23. The van der Waals surface area contributed by atoms with Crippen LogP contribution in [0.1, 0.15) is 11.3 Å². The molecule has 0 fully saturated rings. The van der Waals surface area contributed by atoms with Gasteiger partial charge in [0.2, 0.25) is 0 Å². The summed E-state index contributed by atoms with van der Waals surface area (Å²) in [5.74, 6) is 1.54. The normalized spacial score (nSPS) is 10.8. The predicted molar refractivity (Wildman–Crippen MR) is 86.7 cm³/mol. The van der Waals surface area contributed by atoms with E-state index in [0.717, 1.165) is 45.8 Å². The fourth-order valence-electron chi connectivity index (χ4n) is 2.72. The van der Waals surface area contributed by atoms with E-state index < -0.39 is 0 Å². The van der Waals surface area contributed by atoms with Crippen molar-refractivity contribution in [2.24, 2.45) is 5.73 Å². The fraction of sp³-hybridized carbons (Fsp3) is 0.438. The molecule has 0 saturated carbocycles. The zero-order valence-corrected chi connectivity index (χ0v) is 13.4. The summed E-state index contributed by atoms with van der Waals surface area (Å²) in [6.07, 6.45) is 0.780. The van der Waals surface area contributed by atoms with Crippen molar-refractivity contribution in [1.82, 2.24) is 4.98 Å². The predicted octanol–water partition coefficient (Wildman–Crippen LogP) is 2.13. The van der Waals surface area contributed by atoms with E-state index in [1.807, 2.05) is 33.2 Å². The van der Waals surface area contributed by atoms with Gasteiger partial charge in [-0.05, 0) is 37.6 Å². The van der Waals surface area contributed by atoms with Crippen LogP contribution in [-0.4, -0.2) is 39.8 Å². The Balaban J connectivity index is 2.95. The van der Waals surface area contributed by atoms with Gasteiger partial charge in [0.1, 0.15) is 17.0 Å². The zero-order chi connectivity index (χ0) is 15.6. The number of methoxy groups -OCH3 is 2. The van der Waals surface area contributed by atoms with Crippen LogP contribution in [0.3, 0.4) is 0 Å². The molecule has 0 aliphatic carbocycles. The monoisotopic (exact) mass is 289 g/mol. The van der Waals surface area contributed by atoms with Crippen molar-refractivity contribution < 1.29 is 9.47 Å². The maximum atomic E-state index is 5.77. The molecule has 0 aliphatic heterocycles. The number of ether oxygens (including phenoxy) is 2. The molecule has 0 unspecified atom stereocenters. The minimum atomic E-state index is 0.584. The molecule has 2 rings (SSSR count). The molecule has 0 atom stereocenters. The second-order valence-corrected chi connectivity index (χ2v) is 5.15. The van der Waals surface area contributed by atoms with E-state index in [4.69, 9.17) is 20.2 Å². The molecule has 0 aliphatic rings. The van der Waals surface area contributed by atoms with E-state index in [1.54, 1.807) is 14.2 Å². The third-order valence-corrected chi connectivity index (χ3v) is 3.62. The van der Waals surface area contributed by atoms with Crippen molar-refractivity contribution in [2.45, 2.75) is 13.3 Å². The van der Waals surface area contributed by atoms with Gasteiger partial charge in [0, 0.05) is 19.8 Å². The van der Waals surface area contributed by atoms with Crippen molar-refractivity contribution in [2.75, 3.05) is 39.8 Å². The van der Waals surface area contributed by atoms with Crippen LogP contribution in [0.2, 0.25) is 0 Å². The molecular weight excluding hydrogens is 266 g/mol. The molecule has 0 spiro atoms. The number of nitrogens with zero attached hydrogens (tertiary/aromatic N) is 2. The lowest BCUT2D eigenvalue weighted by molar-refractivity contribution is 0.409. The number of aryl methyl sites for hydroxylation is 1. The van der Waals surface area contributed by atoms with Crippen LogP contribution >= 0.6 is 0 Å². The number of pyridine rings is 1. The van der Waals surface area contributed by atoms with Crippen LogP contribution < -0.4 is 20.1 Å². The third-order valence-electron chi connectivity index (χ3n) is 3.62. The number of anilines is 1. The Morgan fingerprint density at radius 3 is 2.29 bits per heavy atom. The van der Waals surface area contributed by atoms with E-state index in [2.05, 4.69) is 4.90 Å². The molecule has 114 valence electrons. The Morgan fingerprint density at radius 2 is 1.76 bits per heavy atom. The number of benzene rings is 1. The Morgan fingerprint density at radius 1 is 1.14 bits per heavy atom. The Bertz CT molecular complexity index is 654. The van der Waals surface area contributed by atoms with Crippen LogP contribution in [0.5, 0.6) is 11.5 Å². The van der Waals surface area contributed by atoms with Crippen molar-refractivity contribution in [3.8, 4) is 11.5 Å². The Kier molecular flexibility index (Phi) is 4.53. The molecule has 0 saturated heterocycles. The van der Waals surface area contributed by atoms with Crippen LogP contribution in [0.4, 0.5) is 5.69 Å². The number of rotatable bonds is 5. The number of nitrogens with two attached hydrogens (primary N) is 1. The standard InChI is InChI=1S/C16H23N3O2/c1-10-11(8-9-17)16(19(2)3)14-12(20-4)6-7-13(21-5)15(14)18-10/h6-7H,8-9,17H2,1-5H3.